The molecule has 2 heterocycles. The van der Waals surface area contributed by atoms with E-state index >= 15 is 0 Å². The van der Waals surface area contributed by atoms with Gasteiger partial charge in [0.2, 0.25) is 0 Å². The van der Waals surface area contributed by atoms with Gasteiger partial charge in [-0.15, -0.1) is 0 Å². The van der Waals surface area contributed by atoms with E-state index in [4.69, 9.17) is 11.6 Å². The smallest absolute Gasteiger partial charge is 0.318 e. The Morgan fingerprint density at radius 2 is 1.93 bits per heavy atom. The molecule has 1 aromatic carbocycles. The minimum absolute atomic E-state index is 0.378. The maximum atomic E-state index is 12.5. The fraction of sp³-hybridized carbons (Fsp3) is 0.211. The molecule has 29 heavy (non-hydrogen) atoms. The van der Waals surface area contributed by atoms with Crippen LogP contribution in [0.25, 0.3) is 5.69 Å². The first-order valence-corrected chi connectivity index (χ1v) is 8.90. The van der Waals surface area contributed by atoms with Gasteiger partial charge in [-0.1, -0.05) is 11.6 Å². The standard InChI is InChI=1S/C19H17ClF3N5O/c1-12-9-14(13(2)28(12)16-5-3-15(20)4-6-16)10-24-25-18(29)11-27-8-7-17(26-27)19(21,22)23/h3-10H,11H2,1-2H3,(H,25,29)/b24-10+. The topological polar surface area (TPSA) is 64.2 Å². The van der Waals surface area contributed by atoms with Gasteiger partial charge in [0.25, 0.3) is 5.91 Å². The lowest BCUT2D eigenvalue weighted by Crippen LogP contribution is -2.23. The van der Waals surface area contributed by atoms with Gasteiger partial charge >= 0.3 is 6.18 Å². The van der Waals surface area contributed by atoms with Gasteiger partial charge in [0.15, 0.2) is 5.69 Å². The summed E-state index contributed by atoms with van der Waals surface area (Å²) in [5.74, 6) is -0.593. The number of aromatic nitrogens is 3. The molecule has 0 unspecified atom stereocenters. The second kappa shape index (κ2) is 8.12. The third-order valence-electron chi connectivity index (χ3n) is 4.18. The van der Waals surface area contributed by atoms with Crippen LogP contribution < -0.4 is 5.43 Å². The van der Waals surface area contributed by atoms with Crippen LogP contribution in [0.1, 0.15) is 22.6 Å². The van der Waals surface area contributed by atoms with E-state index in [1.54, 1.807) is 12.1 Å². The van der Waals surface area contributed by atoms with Crippen LogP contribution in [0.3, 0.4) is 0 Å². The number of carbonyl (C=O) groups is 1. The molecular formula is C19H17ClF3N5O. The van der Waals surface area contributed by atoms with Crippen molar-refractivity contribution in [3.63, 3.8) is 0 Å². The maximum absolute atomic E-state index is 12.5. The summed E-state index contributed by atoms with van der Waals surface area (Å²) < 4.78 is 40.5. The van der Waals surface area contributed by atoms with Crippen molar-refractivity contribution in [1.82, 2.24) is 19.8 Å². The van der Waals surface area contributed by atoms with E-state index in [-0.39, 0.29) is 6.54 Å². The summed E-state index contributed by atoms with van der Waals surface area (Å²) in [6.45, 7) is 3.47. The molecule has 0 radical (unpaired) electrons. The van der Waals surface area contributed by atoms with Gasteiger partial charge in [-0.05, 0) is 50.2 Å². The average molecular weight is 424 g/mol. The average Bonchev–Trinajstić information content (AvgIpc) is 3.21. The van der Waals surface area contributed by atoms with E-state index in [1.165, 1.54) is 6.21 Å². The number of carbonyl (C=O) groups excluding carboxylic acids is 1. The quantitative estimate of drug-likeness (QED) is 0.495. The van der Waals surface area contributed by atoms with Crippen molar-refractivity contribution >= 4 is 23.7 Å². The fourth-order valence-corrected chi connectivity index (χ4v) is 2.99. The number of halogens is 4. The monoisotopic (exact) mass is 423 g/mol. The second-order valence-corrected chi connectivity index (χ2v) is 6.76. The van der Waals surface area contributed by atoms with Crippen molar-refractivity contribution in [1.29, 1.82) is 0 Å². The molecule has 0 atom stereocenters. The molecule has 3 aromatic rings. The Morgan fingerprint density at radius 1 is 1.24 bits per heavy atom. The SMILES string of the molecule is Cc1cc(/C=N/NC(=O)Cn2ccc(C(F)(F)F)n2)c(C)n1-c1ccc(Cl)cc1. The maximum Gasteiger partial charge on any atom is 0.435 e. The highest BCUT2D eigenvalue weighted by Crippen LogP contribution is 2.27. The van der Waals surface area contributed by atoms with Crippen LogP contribution in [0.4, 0.5) is 13.2 Å². The molecule has 0 aliphatic heterocycles. The Morgan fingerprint density at radius 3 is 2.55 bits per heavy atom. The molecule has 2 aromatic heterocycles. The second-order valence-electron chi connectivity index (χ2n) is 6.33. The van der Waals surface area contributed by atoms with Gasteiger partial charge in [-0.25, -0.2) is 5.43 Å². The zero-order chi connectivity index (χ0) is 21.2. The zero-order valence-corrected chi connectivity index (χ0v) is 16.3. The molecule has 152 valence electrons. The van der Waals surface area contributed by atoms with E-state index in [2.05, 4.69) is 15.6 Å². The normalized spacial score (nSPS) is 11.9. The molecule has 0 spiro atoms. The molecule has 0 saturated heterocycles. The first-order chi connectivity index (χ1) is 13.6. The van der Waals surface area contributed by atoms with Crippen molar-refractivity contribution < 1.29 is 18.0 Å². The number of benzene rings is 1. The van der Waals surface area contributed by atoms with Gasteiger partial charge in [-0.3, -0.25) is 9.48 Å². The van der Waals surface area contributed by atoms with Crippen molar-refractivity contribution in [2.75, 3.05) is 0 Å². The highest BCUT2D eigenvalue weighted by atomic mass is 35.5. The summed E-state index contributed by atoms with van der Waals surface area (Å²) in [6.07, 6.45) is -1.98. The van der Waals surface area contributed by atoms with Gasteiger partial charge in [-0.2, -0.15) is 23.4 Å². The number of nitrogens with one attached hydrogen (secondary N) is 1. The fourth-order valence-electron chi connectivity index (χ4n) is 2.86. The van der Waals surface area contributed by atoms with E-state index in [1.807, 2.05) is 36.6 Å². The Kier molecular flexibility index (Phi) is 5.78. The molecule has 1 amide bonds. The molecule has 6 nitrogen and oxygen atoms in total. The lowest BCUT2D eigenvalue weighted by Gasteiger charge is -2.09. The number of hydrazone groups is 1. The van der Waals surface area contributed by atoms with E-state index in [0.717, 1.165) is 39.6 Å². The highest BCUT2D eigenvalue weighted by Gasteiger charge is 2.33. The number of rotatable bonds is 5. The predicted octanol–water partition coefficient (Wildman–Crippen LogP) is 4.11. The molecular weight excluding hydrogens is 407 g/mol. The summed E-state index contributed by atoms with van der Waals surface area (Å²) in [5, 5.41) is 7.86. The van der Waals surface area contributed by atoms with Crippen molar-refractivity contribution in [3.05, 3.63) is 70.3 Å². The molecule has 10 heteroatoms. The van der Waals surface area contributed by atoms with Crippen LogP contribution in [-0.2, 0) is 17.5 Å². The Labute approximate surface area is 169 Å². The third-order valence-corrected chi connectivity index (χ3v) is 4.44. The molecule has 0 saturated carbocycles. The van der Waals surface area contributed by atoms with Gasteiger partial charge in [0.05, 0.1) is 6.21 Å². The minimum atomic E-state index is -4.55. The molecule has 3 rings (SSSR count). The number of hydrogen-bond donors (Lipinski definition) is 1. The van der Waals surface area contributed by atoms with Crippen LogP contribution in [0.5, 0.6) is 0 Å². The summed E-state index contributed by atoms with van der Waals surface area (Å²) in [4.78, 5) is 11.9. The summed E-state index contributed by atoms with van der Waals surface area (Å²) in [6, 6.07) is 10.1. The van der Waals surface area contributed by atoms with E-state index < -0.39 is 17.8 Å². The third kappa shape index (κ3) is 4.86. The van der Waals surface area contributed by atoms with Gasteiger partial charge < -0.3 is 4.57 Å². The zero-order valence-electron chi connectivity index (χ0n) is 15.5. The van der Waals surface area contributed by atoms with Crippen LogP contribution in [-0.4, -0.2) is 26.5 Å². The van der Waals surface area contributed by atoms with Crippen molar-refractivity contribution in [2.45, 2.75) is 26.6 Å². The molecule has 1 N–H and O–H groups in total. The first-order valence-electron chi connectivity index (χ1n) is 8.52. The molecule has 0 bridgehead atoms. The number of amides is 1. The largest absolute Gasteiger partial charge is 0.435 e. The van der Waals surface area contributed by atoms with Crippen LogP contribution in [0, 0.1) is 13.8 Å². The Hall–Kier alpha value is -3.07. The van der Waals surface area contributed by atoms with Crippen LogP contribution in [0.2, 0.25) is 5.02 Å². The first kappa shape index (κ1) is 20.7. The summed E-state index contributed by atoms with van der Waals surface area (Å²) in [7, 11) is 0. The van der Waals surface area contributed by atoms with E-state index in [0.29, 0.717) is 5.02 Å². The lowest BCUT2D eigenvalue weighted by atomic mass is 10.2. The van der Waals surface area contributed by atoms with Crippen molar-refractivity contribution in [3.8, 4) is 5.69 Å². The Balaban J connectivity index is 1.66. The highest BCUT2D eigenvalue weighted by molar-refractivity contribution is 6.30. The summed E-state index contributed by atoms with van der Waals surface area (Å²) >= 11 is 5.93. The van der Waals surface area contributed by atoms with Crippen molar-refractivity contribution in [2.24, 2.45) is 5.10 Å². The van der Waals surface area contributed by atoms with Gasteiger partial charge in [0, 0.05) is 33.9 Å². The molecule has 0 fully saturated rings. The molecule has 0 aliphatic rings. The van der Waals surface area contributed by atoms with Crippen LogP contribution >= 0.6 is 11.6 Å². The Bertz CT molecular complexity index is 1050. The number of nitrogens with zero attached hydrogens (tertiary/aromatic N) is 4. The summed E-state index contributed by atoms with van der Waals surface area (Å²) in [5.41, 5.74) is 4.84. The number of alkyl halides is 3. The lowest BCUT2D eigenvalue weighted by molar-refractivity contribution is -0.141. The minimum Gasteiger partial charge on any atom is -0.318 e. The van der Waals surface area contributed by atoms with E-state index in [9.17, 15) is 18.0 Å². The molecule has 0 aliphatic carbocycles. The number of aryl methyl sites for hydroxylation is 1. The van der Waals surface area contributed by atoms with Crippen LogP contribution in [0.15, 0.2) is 47.7 Å². The van der Waals surface area contributed by atoms with Gasteiger partial charge in [0.1, 0.15) is 6.54 Å². The number of hydrogen-bond acceptors (Lipinski definition) is 3. The predicted molar refractivity (Wildman–Crippen MR) is 103 cm³/mol.